The van der Waals surface area contributed by atoms with Crippen molar-refractivity contribution in [3.63, 3.8) is 0 Å². The molecule has 1 heterocycles. The van der Waals surface area contributed by atoms with Crippen LogP contribution in [0.25, 0.3) is 0 Å². The molecule has 17 heavy (non-hydrogen) atoms. The first-order valence-corrected chi connectivity index (χ1v) is 7.61. The highest BCUT2D eigenvalue weighted by molar-refractivity contribution is 4.82. The van der Waals surface area contributed by atoms with Crippen LogP contribution in [0.5, 0.6) is 0 Å². The highest BCUT2D eigenvalue weighted by Crippen LogP contribution is 2.27. The van der Waals surface area contributed by atoms with Crippen LogP contribution >= 0.6 is 0 Å². The summed E-state index contributed by atoms with van der Waals surface area (Å²) in [5.74, 6) is 1.75. The predicted molar refractivity (Wildman–Crippen MR) is 72.2 cm³/mol. The van der Waals surface area contributed by atoms with Gasteiger partial charge in [-0.1, -0.05) is 19.3 Å². The molecule has 2 aliphatic rings. The Morgan fingerprint density at radius 1 is 0.824 bits per heavy atom. The number of hydrogen-bond acceptors (Lipinski definition) is 2. The summed E-state index contributed by atoms with van der Waals surface area (Å²) >= 11 is 0. The van der Waals surface area contributed by atoms with Gasteiger partial charge in [0.05, 0.1) is 0 Å². The van der Waals surface area contributed by atoms with Gasteiger partial charge in [0.2, 0.25) is 0 Å². The predicted octanol–water partition coefficient (Wildman–Crippen LogP) is 3.36. The van der Waals surface area contributed by atoms with Gasteiger partial charge in [0.15, 0.2) is 0 Å². The maximum absolute atomic E-state index is 5.44. The van der Waals surface area contributed by atoms with Gasteiger partial charge in [0.25, 0.3) is 0 Å². The van der Waals surface area contributed by atoms with Gasteiger partial charge in [0, 0.05) is 25.3 Å². The summed E-state index contributed by atoms with van der Waals surface area (Å²) in [6, 6.07) is 1.36. The normalized spacial score (nSPS) is 27.9. The first-order chi connectivity index (χ1) is 8.27. The molecule has 2 heteroatoms. The highest BCUT2D eigenvalue weighted by Gasteiger charge is 2.25. The zero-order chi connectivity index (χ0) is 12.1. The second kappa shape index (κ2) is 6.75. The number of rotatable bonds is 4. The summed E-state index contributed by atoms with van der Waals surface area (Å²) in [5.41, 5.74) is 0. The monoisotopic (exact) mass is 239 g/mol. The van der Waals surface area contributed by atoms with Crippen molar-refractivity contribution in [1.82, 2.24) is 5.32 Å². The van der Waals surface area contributed by atoms with E-state index >= 15 is 0 Å². The lowest BCUT2D eigenvalue weighted by Gasteiger charge is -2.35. The molecule has 1 saturated heterocycles. The molecule has 0 radical (unpaired) electrons. The lowest BCUT2D eigenvalue weighted by atomic mass is 9.83. The minimum atomic E-state index is 0.663. The van der Waals surface area contributed by atoms with E-state index in [1.54, 1.807) is 0 Å². The topological polar surface area (TPSA) is 21.3 Å². The van der Waals surface area contributed by atoms with Crippen LogP contribution in [0.2, 0.25) is 0 Å². The van der Waals surface area contributed by atoms with Crippen LogP contribution in [0, 0.1) is 11.8 Å². The molecule has 0 amide bonds. The van der Waals surface area contributed by atoms with Crippen molar-refractivity contribution in [1.29, 1.82) is 0 Å². The molecule has 2 fully saturated rings. The van der Waals surface area contributed by atoms with Gasteiger partial charge in [-0.3, -0.25) is 0 Å². The Balaban J connectivity index is 1.74. The first kappa shape index (κ1) is 13.4. The third-order valence-electron chi connectivity index (χ3n) is 4.86. The third-order valence-corrected chi connectivity index (χ3v) is 4.86. The molecule has 2 nitrogen and oxygen atoms in total. The SMILES string of the molecule is CC(NC(C)C1CCOCC1)C1CCCCC1. The maximum atomic E-state index is 5.44. The molecule has 1 aliphatic carbocycles. The van der Waals surface area contributed by atoms with Gasteiger partial charge < -0.3 is 10.1 Å². The number of ether oxygens (including phenoxy) is 1. The maximum Gasteiger partial charge on any atom is 0.0469 e. The van der Waals surface area contributed by atoms with Gasteiger partial charge in [-0.25, -0.2) is 0 Å². The second-order valence-corrected chi connectivity index (χ2v) is 6.09. The molecule has 100 valence electrons. The van der Waals surface area contributed by atoms with Crippen LogP contribution in [0.4, 0.5) is 0 Å². The van der Waals surface area contributed by atoms with Gasteiger partial charge in [-0.2, -0.15) is 0 Å². The van der Waals surface area contributed by atoms with Gasteiger partial charge >= 0.3 is 0 Å². The number of hydrogen-bond donors (Lipinski definition) is 1. The Labute approximate surface area is 107 Å². The zero-order valence-electron chi connectivity index (χ0n) is 11.6. The Bertz CT molecular complexity index is 185. The zero-order valence-corrected chi connectivity index (χ0v) is 11.6. The Morgan fingerprint density at radius 3 is 1.94 bits per heavy atom. The summed E-state index contributed by atoms with van der Waals surface area (Å²) in [6.07, 6.45) is 9.71. The van der Waals surface area contributed by atoms with Crippen LogP contribution < -0.4 is 5.32 Å². The van der Waals surface area contributed by atoms with E-state index in [-0.39, 0.29) is 0 Å². The van der Waals surface area contributed by atoms with Crippen molar-refractivity contribution in [2.45, 2.75) is 70.9 Å². The van der Waals surface area contributed by atoms with Crippen LogP contribution in [-0.4, -0.2) is 25.3 Å². The van der Waals surface area contributed by atoms with E-state index in [4.69, 9.17) is 4.74 Å². The van der Waals surface area contributed by atoms with Gasteiger partial charge in [0.1, 0.15) is 0 Å². The Kier molecular flexibility index (Phi) is 5.30. The fraction of sp³-hybridized carbons (Fsp3) is 1.00. The number of nitrogens with one attached hydrogen (secondary N) is 1. The standard InChI is InChI=1S/C15H29NO/c1-12(14-6-4-3-5-7-14)16-13(2)15-8-10-17-11-9-15/h12-16H,3-11H2,1-2H3. The molecule has 1 N–H and O–H groups in total. The van der Waals surface area contributed by atoms with Crippen LogP contribution in [0.1, 0.15) is 58.8 Å². The van der Waals surface area contributed by atoms with E-state index in [0.29, 0.717) is 12.1 Å². The molecule has 0 aromatic heterocycles. The largest absolute Gasteiger partial charge is 0.381 e. The molecular formula is C15H29NO. The average Bonchev–Trinajstić information content (AvgIpc) is 2.40. The molecular weight excluding hydrogens is 210 g/mol. The lowest BCUT2D eigenvalue weighted by molar-refractivity contribution is 0.0530. The van der Waals surface area contributed by atoms with E-state index in [9.17, 15) is 0 Å². The molecule has 0 aromatic rings. The average molecular weight is 239 g/mol. The summed E-state index contributed by atoms with van der Waals surface area (Å²) in [5, 5.41) is 3.86. The Morgan fingerprint density at radius 2 is 1.35 bits per heavy atom. The van der Waals surface area contributed by atoms with E-state index in [1.165, 1.54) is 44.9 Å². The molecule has 1 saturated carbocycles. The van der Waals surface area contributed by atoms with Crippen molar-refractivity contribution in [3.8, 4) is 0 Å². The molecule has 0 bridgehead atoms. The van der Waals surface area contributed by atoms with Gasteiger partial charge in [-0.05, 0) is 51.4 Å². The minimum absolute atomic E-state index is 0.663. The highest BCUT2D eigenvalue weighted by atomic mass is 16.5. The first-order valence-electron chi connectivity index (χ1n) is 7.61. The van der Waals surface area contributed by atoms with Crippen molar-refractivity contribution >= 4 is 0 Å². The molecule has 0 spiro atoms. The smallest absolute Gasteiger partial charge is 0.0469 e. The van der Waals surface area contributed by atoms with Gasteiger partial charge in [-0.15, -0.1) is 0 Å². The van der Waals surface area contributed by atoms with E-state index in [1.807, 2.05) is 0 Å². The molecule has 2 unspecified atom stereocenters. The quantitative estimate of drug-likeness (QED) is 0.812. The van der Waals surface area contributed by atoms with Crippen LogP contribution in [0.3, 0.4) is 0 Å². The van der Waals surface area contributed by atoms with E-state index in [0.717, 1.165) is 25.0 Å². The van der Waals surface area contributed by atoms with Crippen molar-refractivity contribution in [3.05, 3.63) is 0 Å². The van der Waals surface area contributed by atoms with E-state index < -0.39 is 0 Å². The molecule has 1 aliphatic heterocycles. The lowest BCUT2D eigenvalue weighted by Crippen LogP contribution is -2.45. The molecule has 0 aromatic carbocycles. The molecule has 2 atom stereocenters. The van der Waals surface area contributed by atoms with Crippen molar-refractivity contribution < 1.29 is 4.74 Å². The van der Waals surface area contributed by atoms with Crippen LogP contribution in [-0.2, 0) is 4.74 Å². The summed E-state index contributed by atoms with van der Waals surface area (Å²) in [7, 11) is 0. The minimum Gasteiger partial charge on any atom is -0.381 e. The van der Waals surface area contributed by atoms with Crippen LogP contribution in [0.15, 0.2) is 0 Å². The fourth-order valence-electron chi connectivity index (χ4n) is 3.54. The second-order valence-electron chi connectivity index (χ2n) is 6.09. The molecule has 2 rings (SSSR count). The fourth-order valence-corrected chi connectivity index (χ4v) is 3.54. The van der Waals surface area contributed by atoms with Crippen molar-refractivity contribution in [2.24, 2.45) is 11.8 Å². The van der Waals surface area contributed by atoms with Crippen molar-refractivity contribution in [2.75, 3.05) is 13.2 Å². The summed E-state index contributed by atoms with van der Waals surface area (Å²) in [4.78, 5) is 0. The summed E-state index contributed by atoms with van der Waals surface area (Å²) in [6.45, 7) is 6.70. The Hall–Kier alpha value is -0.0800. The summed E-state index contributed by atoms with van der Waals surface area (Å²) < 4.78 is 5.44. The van der Waals surface area contributed by atoms with E-state index in [2.05, 4.69) is 19.2 Å². The third kappa shape index (κ3) is 3.96.